The maximum absolute atomic E-state index is 13.6. The third kappa shape index (κ3) is 4.00. The topological polar surface area (TPSA) is 124 Å². The zero-order valence-corrected chi connectivity index (χ0v) is 19.6. The van der Waals surface area contributed by atoms with E-state index < -0.39 is 36.3 Å². The summed E-state index contributed by atoms with van der Waals surface area (Å²) in [7, 11) is 0. The Balaban J connectivity index is 1.55. The van der Waals surface area contributed by atoms with Crippen molar-refractivity contribution in [3.63, 3.8) is 0 Å². The quantitative estimate of drug-likeness (QED) is 0.365. The number of pyridine rings is 1. The van der Waals surface area contributed by atoms with Gasteiger partial charge in [0.2, 0.25) is 5.91 Å². The monoisotopic (exact) mass is 538 g/mol. The van der Waals surface area contributed by atoms with Crippen molar-refractivity contribution in [1.29, 1.82) is 0 Å². The Bertz CT molecular complexity index is 1540. The van der Waals surface area contributed by atoms with Crippen LogP contribution in [0.3, 0.4) is 0 Å². The van der Waals surface area contributed by atoms with Gasteiger partial charge in [-0.15, -0.1) is 0 Å². The highest BCUT2D eigenvalue weighted by Crippen LogP contribution is 2.42. The van der Waals surface area contributed by atoms with Gasteiger partial charge in [0.05, 0.1) is 22.6 Å². The maximum atomic E-state index is 13.6. The minimum Gasteiger partial charge on any atom is -0.383 e. The first-order chi connectivity index (χ1) is 17.3. The van der Waals surface area contributed by atoms with Crippen molar-refractivity contribution >= 4 is 34.8 Å². The molecule has 1 atom stereocenters. The van der Waals surface area contributed by atoms with Crippen molar-refractivity contribution in [3.8, 4) is 11.5 Å². The van der Waals surface area contributed by atoms with Crippen LogP contribution in [-0.4, -0.2) is 47.3 Å². The number of nitrogen functional groups attached to an aromatic ring is 1. The third-order valence-corrected chi connectivity index (χ3v) is 6.39. The van der Waals surface area contributed by atoms with Crippen molar-refractivity contribution in [2.75, 3.05) is 11.1 Å². The lowest BCUT2D eigenvalue weighted by Crippen LogP contribution is -2.36. The summed E-state index contributed by atoms with van der Waals surface area (Å²) >= 11 is 5.91. The van der Waals surface area contributed by atoms with Gasteiger partial charge in [0.15, 0.2) is 11.5 Å². The molecule has 1 aliphatic heterocycles. The summed E-state index contributed by atoms with van der Waals surface area (Å²) < 4.78 is 66.5. The molecule has 0 aliphatic carbocycles. The van der Waals surface area contributed by atoms with E-state index in [2.05, 4.69) is 30.2 Å². The molecule has 192 valence electrons. The zero-order chi connectivity index (χ0) is 26.8. The van der Waals surface area contributed by atoms with Gasteiger partial charge in [-0.3, -0.25) is 14.2 Å². The van der Waals surface area contributed by atoms with E-state index in [0.717, 1.165) is 0 Å². The minimum absolute atomic E-state index is 0.0220. The number of hydrogen-bond donors (Lipinski definition) is 2. The van der Waals surface area contributed by atoms with Gasteiger partial charge in [-0.2, -0.15) is 22.0 Å². The van der Waals surface area contributed by atoms with E-state index in [4.69, 9.17) is 17.3 Å². The number of fused-ring (bicyclic) bond motifs is 2. The SMILES string of the molecule is CC1(c2ccc(Cl)cn2)C(=O)Nc2nc(-c3cn4c(N)cnc4c(CCC(F)(F)C(F)(F)F)n3)ncc21. The molecule has 1 aliphatic rings. The smallest absolute Gasteiger partial charge is 0.383 e. The Hall–Kier alpha value is -3.94. The van der Waals surface area contributed by atoms with Gasteiger partial charge in [0.1, 0.15) is 22.7 Å². The lowest BCUT2D eigenvalue weighted by molar-refractivity contribution is -0.284. The van der Waals surface area contributed by atoms with Crippen molar-refractivity contribution in [3.05, 3.63) is 58.9 Å². The summed E-state index contributed by atoms with van der Waals surface area (Å²) in [6.07, 6.45) is -2.59. The Morgan fingerprint density at radius 1 is 1.08 bits per heavy atom. The summed E-state index contributed by atoms with van der Waals surface area (Å²) in [5.74, 6) is -5.10. The molecule has 4 aromatic rings. The van der Waals surface area contributed by atoms with Crippen molar-refractivity contribution in [2.24, 2.45) is 0 Å². The number of nitrogens with two attached hydrogens (primary N) is 1. The van der Waals surface area contributed by atoms with E-state index in [9.17, 15) is 26.7 Å². The van der Waals surface area contributed by atoms with Crippen LogP contribution in [-0.2, 0) is 16.6 Å². The molecule has 0 spiro atoms. The number of nitrogens with one attached hydrogen (secondary N) is 1. The molecule has 15 heteroatoms. The van der Waals surface area contributed by atoms with E-state index in [0.29, 0.717) is 16.3 Å². The number of rotatable bonds is 5. The molecule has 1 unspecified atom stereocenters. The van der Waals surface area contributed by atoms with Gasteiger partial charge in [-0.1, -0.05) is 11.6 Å². The first kappa shape index (κ1) is 24.7. The highest BCUT2D eigenvalue weighted by Gasteiger charge is 2.56. The Morgan fingerprint density at radius 2 is 1.84 bits per heavy atom. The van der Waals surface area contributed by atoms with Crippen LogP contribution in [0, 0.1) is 0 Å². The normalized spacial score (nSPS) is 17.8. The molecule has 0 aromatic carbocycles. The number of aromatic nitrogens is 6. The third-order valence-electron chi connectivity index (χ3n) is 6.16. The fourth-order valence-electron chi connectivity index (χ4n) is 4.01. The maximum Gasteiger partial charge on any atom is 0.453 e. The number of hydrogen-bond acceptors (Lipinski definition) is 7. The number of aryl methyl sites for hydroxylation is 1. The van der Waals surface area contributed by atoms with E-state index in [-0.39, 0.29) is 34.5 Å². The van der Waals surface area contributed by atoms with Crippen LogP contribution in [0.15, 0.2) is 36.9 Å². The molecular formula is C22H16ClF5N8O. The number of carbonyl (C=O) groups is 1. The minimum atomic E-state index is -5.71. The van der Waals surface area contributed by atoms with Crippen molar-refractivity contribution in [2.45, 2.75) is 37.3 Å². The van der Waals surface area contributed by atoms with Gasteiger partial charge in [-0.05, 0) is 25.5 Å². The molecule has 0 fully saturated rings. The Morgan fingerprint density at radius 3 is 2.51 bits per heavy atom. The number of anilines is 2. The first-order valence-electron chi connectivity index (χ1n) is 10.7. The lowest BCUT2D eigenvalue weighted by atomic mass is 9.81. The number of amides is 1. The molecule has 0 saturated heterocycles. The number of halogens is 6. The second kappa shape index (κ2) is 8.30. The van der Waals surface area contributed by atoms with Gasteiger partial charge >= 0.3 is 12.1 Å². The van der Waals surface area contributed by atoms with Crippen LogP contribution in [0.1, 0.15) is 30.3 Å². The molecule has 37 heavy (non-hydrogen) atoms. The second-order valence-electron chi connectivity index (χ2n) is 8.55. The van der Waals surface area contributed by atoms with Crippen LogP contribution < -0.4 is 11.1 Å². The van der Waals surface area contributed by atoms with Crippen LogP contribution >= 0.6 is 11.6 Å². The van der Waals surface area contributed by atoms with Crippen molar-refractivity contribution in [1.82, 2.24) is 29.3 Å². The molecule has 0 saturated carbocycles. The molecule has 1 amide bonds. The molecule has 0 bridgehead atoms. The Kier molecular flexibility index (Phi) is 5.55. The Labute approximate surface area is 209 Å². The average Bonchev–Trinajstić information content (AvgIpc) is 3.34. The van der Waals surface area contributed by atoms with E-state index in [1.165, 1.54) is 29.2 Å². The fraction of sp³-hybridized carbons (Fsp3) is 0.273. The molecule has 5 rings (SSSR count). The van der Waals surface area contributed by atoms with Crippen LogP contribution in [0.25, 0.3) is 17.2 Å². The highest BCUT2D eigenvalue weighted by molar-refractivity contribution is 6.30. The van der Waals surface area contributed by atoms with Crippen LogP contribution in [0.2, 0.25) is 5.02 Å². The van der Waals surface area contributed by atoms with Gasteiger partial charge in [0.25, 0.3) is 0 Å². The largest absolute Gasteiger partial charge is 0.453 e. The zero-order valence-electron chi connectivity index (χ0n) is 18.8. The molecule has 5 heterocycles. The van der Waals surface area contributed by atoms with E-state index in [1.54, 1.807) is 19.1 Å². The summed E-state index contributed by atoms with van der Waals surface area (Å²) in [5.41, 5.74) is 5.39. The first-order valence-corrected chi connectivity index (χ1v) is 11.1. The standard InChI is InChI=1S/C22H16ClF5N8O/c1-20(14-3-2-10(23)6-30-14)11-7-31-17(34-16(11)35-19(20)37)13-9-36-15(29)8-32-18(36)12(33-13)4-5-21(24,25)22(26,27)28/h2-3,6-9H,4-5,29H2,1H3,(H,31,34,35,37). The predicted molar refractivity (Wildman–Crippen MR) is 122 cm³/mol. The molecular weight excluding hydrogens is 523 g/mol. The van der Waals surface area contributed by atoms with Gasteiger partial charge in [0, 0.05) is 30.6 Å². The summed E-state index contributed by atoms with van der Waals surface area (Å²) in [4.78, 5) is 34.0. The second-order valence-corrected chi connectivity index (χ2v) is 8.98. The summed E-state index contributed by atoms with van der Waals surface area (Å²) in [6, 6.07) is 3.19. The average molecular weight is 539 g/mol. The molecule has 0 radical (unpaired) electrons. The van der Waals surface area contributed by atoms with Crippen LogP contribution in [0.4, 0.5) is 33.6 Å². The van der Waals surface area contributed by atoms with Gasteiger partial charge in [-0.25, -0.2) is 19.9 Å². The molecule has 9 nitrogen and oxygen atoms in total. The highest BCUT2D eigenvalue weighted by atomic mass is 35.5. The van der Waals surface area contributed by atoms with Crippen molar-refractivity contribution < 1.29 is 26.7 Å². The number of nitrogens with zero attached hydrogens (tertiary/aromatic N) is 6. The number of carbonyl (C=O) groups excluding carboxylic acids is 1. The molecule has 4 aromatic heterocycles. The summed E-state index contributed by atoms with van der Waals surface area (Å²) in [5, 5.41) is 3.06. The number of alkyl halides is 5. The van der Waals surface area contributed by atoms with E-state index >= 15 is 0 Å². The van der Waals surface area contributed by atoms with E-state index in [1.807, 2.05) is 0 Å². The number of imidazole rings is 1. The molecule has 3 N–H and O–H groups in total. The fourth-order valence-corrected chi connectivity index (χ4v) is 4.12. The van der Waals surface area contributed by atoms with Gasteiger partial charge < -0.3 is 11.1 Å². The summed E-state index contributed by atoms with van der Waals surface area (Å²) in [6.45, 7) is 1.64. The lowest BCUT2D eigenvalue weighted by Gasteiger charge is -2.21. The van der Waals surface area contributed by atoms with Crippen LogP contribution in [0.5, 0.6) is 0 Å². The predicted octanol–water partition coefficient (Wildman–Crippen LogP) is 4.21.